The Kier molecular flexibility index (Phi) is 6.15. The Balaban J connectivity index is 2.26. The van der Waals surface area contributed by atoms with Crippen molar-refractivity contribution >= 4 is 11.6 Å². The second-order valence-electron chi connectivity index (χ2n) is 4.87. The summed E-state index contributed by atoms with van der Waals surface area (Å²) in [5, 5.41) is 2.92. The Bertz CT molecular complexity index is 407. The van der Waals surface area contributed by atoms with E-state index in [0.29, 0.717) is 24.5 Å². The first kappa shape index (κ1) is 15.3. The van der Waals surface area contributed by atoms with E-state index in [1.54, 1.807) is 12.1 Å². The molecular weight excluding hydrogens is 242 g/mol. The predicted octanol–water partition coefficient (Wildman–Crippen LogP) is 1.10. The lowest BCUT2D eigenvalue weighted by atomic mass is 10.3. The van der Waals surface area contributed by atoms with Crippen LogP contribution in [0.2, 0.25) is 0 Å². The number of anilines is 1. The molecule has 1 unspecified atom stereocenters. The molecule has 1 amide bonds. The van der Waals surface area contributed by atoms with Gasteiger partial charge in [-0.1, -0.05) is 12.1 Å². The van der Waals surface area contributed by atoms with E-state index in [2.05, 4.69) is 5.32 Å². The number of hydrogen-bond donors (Lipinski definition) is 2. The van der Waals surface area contributed by atoms with Crippen LogP contribution in [0, 0.1) is 0 Å². The molecule has 0 heterocycles. The zero-order chi connectivity index (χ0) is 14.3. The van der Waals surface area contributed by atoms with Crippen molar-refractivity contribution in [2.45, 2.75) is 19.4 Å². The first-order valence-electron chi connectivity index (χ1n) is 6.40. The van der Waals surface area contributed by atoms with Gasteiger partial charge in [-0.25, -0.2) is 0 Å². The Morgan fingerprint density at radius 3 is 2.74 bits per heavy atom. The van der Waals surface area contributed by atoms with Crippen LogP contribution in [-0.2, 0) is 4.79 Å². The van der Waals surface area contributed by atoms with Crippen LogP contribution in [0.5, 0.6) is 5.75 Å². The van der Waals surface area contributed by atoms with Crippen LogP contribution >= 0.6 is 0 Å². The van der Waals surface area contributed by atoms with E-state index in [1.165, 1.54) is 0 Å². The van der Waals surface area contributed by atoms with Gasteiger partial charge < -0.3 is 20.7 Å². The van der Waals surface area contributed by atoms with Gasteiger partial charge in [0.2, 0.25) is 5.91 Å². The molecule has 0 aliphatic carbocycles. The summed E-state index contributed by atoms with van der Waals surface area (Å²) in [7, 11) is 3.95. The summed E-state index contributed by atoms with van der Waals surface area (Å²) in [6, 6.07) is 7.39. The largest absolute Gasteiger partial charge is 0.491 e. The summed E-state index contributed by atoms with van der Waals surface area (Å²) in [5.74, 6) is 0.612. The Morgan fingerprint density at radius 2 is 2.11 bits per heavy atom. The summed E-state index contributed by atoms with van der Waals surface area (Å²) in [4.78, 5) is 13.7. The molecule has 0 aliphatic rings. The smallest absolute Gasteiger partial charge is 0.223 e. The zero-order valence-corrected chi connectivity index (χ0v) is 11.8. The van der Waals surface area contributed by atoms with Crippen LogP contribution in [0.15, 0.2) is 24.3 Å². The highest BCUT2D eigenvalue weighted by Gasteiger charge is 2.08. The van der Waals surface area contributed by atoms with Gasteiger partial charge in [-0.2, -0.15) is 0 Å². The lowest BCUT2D eigenvalue weighted by Crippen LogP contribution is -2.39. The molecule has 0 aromatic heterocycles. The third-order valence-corrected chi connectivity index (χ3v) is 2.55. The number of nitrogens with two attached hydrogens (primary N) is 1. The second kappa shape index (κ2) is 7.63. The molecule has 106 valence electrons. The van der Waals surface area contributed by atoms with Crippen molar-refractivity contribution in [1.29, 1.82) is 0 Å². The van der Waals surface area contributed by atoms with Crippen molar-refractivity contribution in [3.05, 3.63) is 24.3 Å². The fraction of sp³-hybridized carbons (Fsp3) is 0.500. The van der Waals surface area contributed by atoms with E-state index in [-0.39, 0.29) is 11.9 Å². The van der Waals surface area contributed by atoms with E-state index >= 15 is 0 Å². The third-order valence-electron chi connectivity index (χ3n) is 2.55. The molecular formula is C14H23N3O2. The first-order chi connectivity index (χ1) is 8.99. The normalized spacial score (nSPS) is 12.2. The quantitative estimate of drug-likeness (QED) is 0.725. The number of likely N-dealkylation sites (N-methyl/N-ethyl adjacent to an activating group) is 1. The lowest BCUT2D eigenvalue weighted by Gasteiger charge is -2.18. The molecule has 1 rings (SSSR count). The number of nitrogens with one attached hydrogen (secondary N) is 1. The number of nitrogen functional groups attached to an aromatic ring is 1. The first-order valence-corrected chi connectivity index (χ1v) is 6.40. The van der Waals surface area contributed by atoms with Crippen LogP contribution in [0.25, 0.3) is 0 Å². The molecule has 1 aromatic rings. The van der Waals surface area contributed by atoms with E-state index in [1.807, 2.05) is 38.1 Å². The highest BCUT2D eigenvalue weighted by atomic mass is 16.5. The maximum atomic E-state index is 11.7. The molecule has 0 saturated carbocycles. The van der Waals surface area contributed by atoms with Crippen molar-refractivity contribution in [1.82, 2.24) is 10.2 Å². The van der Waals surface area contributed by atoms with Crippen molar-refractivity contribution < 1.29 is 9.53 Å². The van der Waals surface area contributed by atoms with Gasteiger partial charge in [0.05, 0.1) is 18.7 Å². The van der Waals surface area contributed by atoms with E-state index in [4.69, 9.17) is 10.5 Å². The molecule has 0 aliphatic heterocycles. The van der Waals surface area contributed by atoms with Gasteiger partial charge in [0, 0.05) is 12.6 Å². The van der Waals surface area contributed by atoms with E-state index in [0.717, 1.165) is 6.54 Å². The standard InChI is InChI=1S/C14H23N3O2/c1-11(10-17(2)3)16-14(18)8-9-19-13-7-5-4-6-12(13)15/h4-7,11H,8-10,15H2,1-3H3,(H,16,18). The lowest BCUT2D eigenvalue weighted by molar-refractivity contribution is -0.122. The van der Waals surface area contributed by atoms with Gasteiger partial charge in [0.15, 0.2) is 0 Å². The van der Waals surface area contributed by atoms with Crippen LogP contribution in [0.4, 0.5) is 5.69 Å². The highest BCUT2D eigenvalue weighted by molar-refractivity contribution is 5.76. The molecule has 0 radical (unpaired) electrons. The topological polar surface area (TPSA) is 67.6 Å². The number of para-hydroxylation sites is 2. The summed E-state index contributed by atoms with van der Waals surface area (Å²) in [6.07, 6.45) is 0.325. The maximum Gasteiger partial charge on any atom is 0.223 e. The molecule has 19 heavy (non-hydrogen) atoms. The number of rotatable bonds is 7. The third kappa shape index (κ3) is 6.10. The van der Waals surface area contributed by atoms with Gasteiger partial charge >= 0.3 is 0 Å². The minimum Gasteiger partial charge on any atom is -0.491 e. The summed E-state index contributed by atoms with van der Waals surface area (Å²) in [5.41, 5.74) is 6.33. The molecule has 3 N–H and O–H groups in total. The Labute approximate surface area is 114 Å². The summed E-state index contributed by atoms with van der Waals surface area (Å²) in [6.45, 7) is 3.13. The van der Waals surface area contributed by atoms with Gasteiger partial charge in [-0.15, -0.1) is 0 Å². The van der Waals surface area contributed by atoms with Gasteiger partial charge in [0.25, 0.3) is 0 Å². The SMILES string of the molecule is CC(CN(C)C)NC(=O)CCOc1ccccc1N. The van der Waals surface area contributed by atoms with Crippen molar-refractivity contribution in [3.8, 4) is 5.75 Å². The number of ether oxygens (including phenoxy) is 1. The minimum atomic E-state index is -0.0103. The van der Waals surface area contributed by atoms with Gasteiger partial charge in [0.1, 0.15) is 5.75 Å². The number of carbonyl (C=O) groups is 1. The number of carbonyl (C=O) groups excluding carboxylic acids is 1. The Morgan fingerprint density at radius 1 is 1.42 bits per heavy atom. The van der Waals surface area contributed by atoms with Crippen LogP contribution < -0.4 is 15.8 Å². The molecule has 0 saturated heterocycles. The fourth-order valence-electron chi connectivity index (χ4n) is 1.81. The number of benzene rings is 1. The summed E-state index contributed by atoms with van der Waals surface area (Å²) < 4.78 is 5.47. The Hall–Kier alpha value is -1.75. The van der Waals surface area contributed by atoms with E-state index < -0.39 is 0 Å². The van der Waals surface area contributed by atoms with Crippen LogP contribution in [-0.4, -0.2) is 44.1 Å². The molecule has 1 atom stereocenters. The van der Waals surface area contributed by atoms with Crippen molar-refractivity contribution in [2.24, 2.45) is 0 Å². The number of nitrogens with zero attached hydrogens (tertiary/aromatic N) is 1. The number of amides is 1. The minimum absolute atomic E-state index is 0.0103. The van der Waals surface area contributed by atoms with Crippen LogP contribution in [0.1, 0.15) is 13.3 Å². The van der Waals surface area contributed by atoms with Crippen LogP contribution in [0.3, 0.4) is 0 Å². The monoisotopic (exact) mass is 265 g/mol. The number of hydrogen-bond acceptors (Lipinski definition) is 4. The molecule has 0 fully saturated rings. The van der Waals surface area contributed by atoms with Crippen molar-refractivity contribution in [2.75, 3.05) is 33.0 Å². The average Bonchev–Trinajstić information content (AvgIpc) is 2.30. The molecule has 0 spiro atoms. The fourth-order valence-corrected chi connectivity index (χ4v) is 1.81. The maximum absolute atomic E-state index is 11.7. The van der Waals surface area contributed by atoms with E-state index in [9.17, 15) is 4.79 Å². The van der Waals surface area contributed by atoms with Crippen molar-refractivity contribution in [3.63, 3.8) is 0 Å². The highest BCUT2D eigenvalue weighted by Crippen LogP contribution is 2.19. The second-order valence-corrected chi connectivity index (χ2v) is 4.87. The van der Waals surface area contributed by atoms with Gasteiger partial charge in [-0.05, 0) is 33.2 Å². The predicted molar refractivity (Wildman–Crippen MR) is 77.1 cm³/mol. The summed E-state index contributed by atoms with van der Waals surface area (Å²) >= 11 is 0. The zero-order valence-electron chi connectivity index (χ0n) is 11.8. The van der Waals surface area contributed by atoms with Gasteiger partial charge in [-0.3, -0.25) is 4.79 Å². The molecule has 5 heteroatoms. The molecule has 1 aromatic carbocycles. The molecule has 0 bridgehead atoms. The average molecular weight is 265 g/mol. The molecule has 5 nitrogen and oxygen atoms in total.